The van der Waals surface area contributed by atoms with E-state index in [4.69, 9.17) is 11.6 Å². The topological polar surface area (TPSA) is 78.0 Å². The van der Waals surface area contributed by atoms with Crippen LogP contribution in [0.5, 0.6) is 0 Å². The van der Waals surface area contributed by atoms with E-state index in [1.54, 1.807) is 58.3 Å². The van der Waals surface area contributed by atoms with Gasteiger partial charge in [-0.15, -0.1) is 0 Å². The molecule has 0 N–H and O–H groups in total. The second-order valence-electron chi connectivity index (χ2n) is 7.82. The summed E-state index contributed by atoms with van der Waals surface area (Å²) in [5.74, 6) is -0.427. The molecule has 0 unspecified atom stereocenters. The number of carbonyl (C=O) groups is 4. The van der Waals surface area contributed by atoms with Gasteiger partial charge in [-0.1, -0.05) is 35.9 Å². The summed E-state index contributed by atoms with van der Waals surface area (Å²) in [4.78, 5) is 54.3. The maximum atomic E-state index is 12.8. The highest BCUT2D eigenvalue weighted by Gasteiger charge is 2.35. The quantitative estimate of drug-likeness (QED) is 0.617. The highest BCUT2D eigenvalue weighted by Crippen LogP contribution is 2.33. The number of hydrogen-bond donors (Lipinski definition) is 0. The van der Waals surface area contributed by atoms with Crippen molar-refractivity contribution in [3.8, 4) is 0 Å². The summed E-state index contributed by atoms with van der Waals surface area (Å²) in [6.45, 7) is 3.75. The largest absolute Gasteiger partial charge is 0.339 e. The highest BCUT2D eigenvalue weighted by atomic mass is 35.5. The number of imide groups is 1. The third kappa shape index (κ3) is 5.29. The van der Waals surface area contributed by atoms with Gasteiger partial charge in [-0.25, -0.2) is 0 Å². The van der Waals surface area contributed by atoms with Crippen LogP contribution in [0.3, 0.4) is 0 Å². The minimum atomic E-state index is -0.353. The average molecular weight is 484 g/mol. The number of thioether (sulfide) groups is 1. The van der Waals surface area contributed by atoms with Crippen molar-refractivity contribution in [2.24, 2.45) is 0 Å². The predicted molar refractivity (Wildman–Crippen MR) is 128 cm³/mol. The van der Waals surface area contributed by atoms with E-state index in [-0.39, 0.29) is 29.5 Å². The molecule has 0 bridgehead atoms. The van der Waals surface area contributed by atoms with Crippen molar-refractivity contribution < 1.29 is 19.2 Å². The van der Waals surface area contributed by atoms with Crippen molar-refractivity contribution in [3.63, 3.8) is 0 Å². The average Bonchev–Trinajstić information content (AvgIpc) is 3.06. The lowest BCUT2D eigenvalue weighted by Crippen LogP contribution is -2.50. The Bertz CT molecular complexity index is 1140. The zero-order chi connectivity index (χ0) is 23.5. The van der Waals surface area contributed by atoms with Gasteiger partial charge in [-0.2, -0.15) is 0 Å². The molecule has 9 heteroatoms. The monoisotopic (exact) mass is 483 g/mol. The first-order valence-corrected chi connectivity index (χ1v) is 11.7. The number of hydrogen-bond acceptors (Lipinski definition) is 5. The molecule has 2 aromatic rings. The summed E-state index contributed by atoms with van der Waals surface area (Å²) >= 11 is 6.89. The molecule has 0 atom stereocenters. The Hall–Kier alpha value is -3.10. The fourth-order valence-electron chi connectivity index (χ4n) is 3.73. The lowest BCUT2D eigenvalue weighted by Gasteiger charge is -2.34. The van der Waals surface area contributed by atoms with Gasteiger partial charge in [0.25, 0.3) is 17.1 Å². The molecule has 0 aliphatic carbocycles. The van der Waals surface area contributed by atoms with Crippen LogP contribution in [0.4, 0.5) is 4.79 Å². The van der Waals surface area contributed by atoms with Gasteiger partial charge in [0.15, 0.2) is 0 Å². The first-order valence-electron chi connectivity index (χ1n) is 10.5. The van der Waals surface area contributed by atoms with E-state index in [1.165, 1.54) is 11.8 Å². The Morgan fingerprint density at radius 2 is 1.67 bits per heavy atom. The maximum absolute atomic E-state index is 12.8. The highest BCUT2D eigenvalue weighted by molar-refractivity contribution is 8.18. The number of piperazine rings is 1. The number of amides is 4. The molecule has 0 radical (unpaired) electrons. The third-order valence-electron chi connectivity index (χ3n) is 5.57. The Morgan fingerprint density at radius 3 is 2.30 bits per heavy atom. The van der Waals surface area contributed by atoms with E-state index in [2.05, 4.69) is 0 Å². The Labute approximate surface area is 201 Å². The van der Waals surface area contributed by atoms with Crippen LogP contribution in [-0.4, -0.2) is 63.8 Å². The van der Waals surface area contributed by atoms with Crippen molar-refractivity contribution in [2.75, 3.05) is 26.2 Å². The van der Waals surface area contributed by atoms with Gasteiger partial charge in [-0.3, -0.25) is 24.1 Å². The van der Waals surface area contributed by atoms with Crippen LogP contribution in [0, 0.1) is 0 Å². The van der Waals surface area contributed by atoms with E-state index in [9.17, 15) is 19.2 Å². The van der Waals surface area contributed by atoms with Crippen LogP contribution in [0.1, 0.15) is 28.4 Å². The lowest BCUT2D eigenvalue weighted by atomic mass is 10.1. The number of rotatable bonds is 4. The standard InChI is InChI=1S/C24H22ClN3O4S/c1-16(29)26-9-11-27(12-10-26)22(30)19-7-5-17(6-8-19)14-21-23(31)28(24(32)33-21)15-18-3-2-4-20(25)13-18/h2-8,13-14H,9-12,15H2,1H3/b21-14-. The molecule has 2 aliphatic heterocycles. The molecule has 2 heterocycles. The molecule has 0 aromatic heterocycles. The van der Waals surface area contributed by atoms with Crippen molar-refractivity contribution in [1.29, 1.82) is 0 Å². The summed E-state index contributed by atoms with van der Waals surface area (Å²) < 4.78 is 0. The predicted octanol–water partition coefficient (Wildman–Crippen LogP) is 3.88. The van der Waals surface area contributed by atoms with Crippen molar-refractivity contribution >= 4 is 52.4 Å². The van der Waals surface area contributed by atoms with Crippen LogP contribution >= 0.6 is 23.4 Å². The SMILES string of the molecule is CC(=O)N1CCN(C(=O)c2ccc(/C=C3\SC(=O)N(Cc4cccc(Cl)c4)C3=O)cc2)CC1. The number of benzene rings is 2. The summed E-state index contributed by atoms with van der Waals surface area (Å²) in [5, 5.41) is 0.216. The van der Waals surface area contributed by atoms with Gasteiger partial charge >= 0.3 is 0 Å². The van der Waals surface area contributed by atoms with Gasteiger partial charge in [0.2, 0.25) is 5.91 Å². The fourth-order valence-corrected chi connectivity index (χ4v) is 4.79. The molecule has 7 nitrogen and oxygen atoms in total. The number of carbonyl (C=O) groups excluding carboxylic acids is 4. The van der Waals surface area contributed by atoms with Gasteiger partial charge < -0.3 is 9.80 Å². The maximum Gasteiger partial charge on any atom is 0.293 e. The van der Waals surface area contributed by atoms with Crippen LogP contribution in [-0.2, 0) is 16.1 Å². The minimum Gasteiger partial charge on any atom is -0.339 e. The van der Waals surface area contributed by atoms with E-state index in [0.29, 0.717) is 41.7 Å². The molecule has 4 rings (SSSR count). The molecular formula is C24H22ClN3O4S. The van der Waals surface area contributed by atoms with Crippen LogP contribution in [0.2, 0.25) is 5.02 Å². The molecule has 0 saturated carbocycles. The lowest BCUT2D eigenvalue weighted by molar-refractivity contribution is -0.130. The molecule has 33 heavy (non-hydrogen) atoms. The smallest absolute Gasteiger partial charge is 0.293 e. The summed E-state index contributed by atoms with van der Waals surface area (Å²) in [7, 11) is 0. The molecular weight excluding hydrogens is 462 g/mol. The number of halogens is 1. The molecule has 2 aromatic carbocycles. The van der Waals surface area contributed by atoms with Gasteiger partial charge in [0.05, 0.1) is 11.4 Å². The molecule has 170 valence electrons. The van der Waals surface area contributed by atoms with Crippen LogP contribution < -0.4 is 0 Å². The van der Waals surface area contributed by atoms with Gasteiger partial charge in [-0.05, 0) is 53.2 Å². The Morgan fingerprint density at radius 1 is 1.00 bits per heavy atom. The summed E-state index contributed by atoms with van der Waals surface area (Å²) in [5.41, 5.74) is 2.04. The van der Waals surface area contributed by atoms with Gasteiger partial charge in [0.1, 0.15) is 0 Å². The minimum absolute atomic E-state index is 0.0171. The summed E-state index contributed by atoms with van der Waals surface area (Å²) in [6, 6.07) is 14.0. The van der Waals surface area contributed by atoms with E-state index < -0.39 is 0 Å². The molecule has 2 fully saturated rings. The zero-order valence-corrected chi connectivity index (χ0v) is 19.6. The van der Waals surface area contributed by atoms with E-state index in [0.717, 1.165) is 22.9 Å². The molecule has 2 saturated heterocycles. The third-order valence-corrected chi connectivity index (χ3v) is 6.71. The van der Waals surface area contributed by atoms with E-state index in [1.807, 2.05) is 6.07 Å². The molecule has 0 spiro atoms. The fraction of sp³-hybridized carbons (Fsp3) is 0.250. The van der Waals surface area contributed by atoms with Gasteiger partial charge in [0, 0.05) is 43.7 Å². The summed E-state index contributed by atoms with van der Waals surface area (Å²) in [6.07, 6.45) is 1.66. The second kappa shape index (κ2) is 9.80. The first-order chi connectivity index (χ1) is 15.8. The second-order valence-corrected chi connectivity index (χ2v) is 9.25. The molecule has 2 aliphatic rings. The van der Waals surface area contributed by atoms with Crippen LogP contribution in [0.25, 0.3) is 6.08 Å². The molecule has 4 amide bonds. The normalized spacial score (nSPS) is 17.8. The van der Waals surface area contributed by atoms with Crippen molar-refractivity contribution in [1.82, 2.24) is 14.7 Å². The number of nitrogens with zero attached hydrogens (tertiary/aromatic N) is 3. The first kappa shape index (κ1) is 23.1. The van der Waals surface area contributed by atoms with Crippen LogP contribution in [0.15, 0.2) is 53.4 Å². The zero-order valence-electron chi connectivity index (χ0n) is 18.0. The van der Waals surface area contributed by atoms with Crippen molar-refractivity contribution in [3.05, 3.63) is 75.1 Å². The van der Waals surface area contributed by atoms with Crippen molar-refractivity contribution in [2.45, 2.75) is 13.5 Å². The Balaban J connectivity index is 1.41. The van der Waals surface area contributed by atoms with E-state index >= 15 is 0 Å². The Kier molecular flexibility index (Phi) is 6.85.